The van der Waals surface area contributed by atoms with Gasteiger partial charge in [0.25, 0.3) is 0 Å². The zero-order valence-corrected chi connectivity index (χ0v) is 11.5. The Balaban J connectivity index is 1.76. The smallest absolute Gasteiger partial charge is 0.171 e. The van der Waals surface area contributed by atoms with Crippen molar-refractivity contribution in [1.82, 2.24) is 10.2 Å². The normalized spacial score (nSPS) is 23.4. The molecule has 1 spiro atoms. The third-order valence-corrected chi connectivity index (χ3v) is 3.69. The van der Waals surface area contributed by atoms with Gasteiger partial charge in [0.15, 0.2) is 10.9 Å². The summed E-state index contributed by atoms with van der Waals surface area (Å²) in [6.45, 7) is 8.61. The summed E-state index contributed by atoms with van der Waals surface area (Å²) in [5.74, 6) is 0.315. The van der Waals surface area contributed by atoms with Crippen molar-refractivity contribution in [2.75, 3.05) is 32.8 Å². The van der Waals surface area contributed by atoms with E-state index in [2.05, 4.69) is 24.1 Å². The van der Waals surface area contributed by atoms with Gasteiger partial charge in [-0.05, 0) is 18.1 Å². The van der Waals surface area contributed by atoms with Crippen molar-refractivity contribution in [2.24, 2.45) is 5.92 Å². The second kappa shape index (κ2) is 5.50. The average molecular weight is 258 g/mol. The molecule has 0 amide bonds. The van der Waals surface area contributed by atoms with Crippen LogP contribution in [0.25, 0.3) is 0 Å². The van der Waals surface area contributed by atoms with Crippen molar-refractivity contribution in [1.29, 1.82) is 0 Å². The molecule has 5 heteroatoms. The molecule has 0 aromatic rings. The Morgan fingerprint density at radius 2 is 1.88 bits per heavy atom. The standard InChI is InChI=1S/C12H22N2O2S/c1-10(2)9-13-11(17)14-5-3-12(4-6-14)15-7-8-16-12/h10H,3-9H2,1-2H3,(H,13,17). The average Bonchev–Trinajstić information content (AvgIpc) is 2.75. The summed E-state index contributed by atoms with van der Waals surface area (Å²) >= 11 is 5.39. The van der Waals surface area contributed by atoms with E-state index in [9.17, 15) is 0 Å². The highest BCUT2D eigenvalue weighted by atomic mass is 32.1. The number of thiocarbonyl (C=S) groups is 1. The van der Waals surface area contributed by atoms with E-state index in [1.54, 1.807) is 0 Å². The molecule has 17 heavy (non-hydrogen) atoms. The zero-order valence-electron chi connectivity index (χ0n) is 10.7. The third kappa shape index (κ3) is 3.30. The van der Waals surface area contributed by atoms with Crippen molar-refractivity contribution in [3.63, 3.8) is 0 Å². The summed E-state index contributed by atoms with van der Waals surface area (Å²) in [6.07, 6.45) is 1.83. The fourth-order valence-electron chi connectivity index (χ4n) is 2.24. The second-order valence-electron chi connectivity index (χ2n) is 5.17. The monoisotopic (exact) mass is 258 g/mol. The van der Waals surface area contributed by atoms with Gasteiger partial charge in [0.1, 0.15) is 0 Å². The highest BCUT2D eigenvalue weighted by Gasteiger charge is 2.40. The van der Waals surface area contributed by atoms with E-state index >= 15 is 0 Å². The van der Waals surface area contributed by atoms with Crippen molar-refractivity contribution in [3.8, 4) is 0 Å². The molecule has 0 bridgehead atoms. The summed E-state index contributed by atoms with van der Waals surface area (Å²) in [6, 6.07) is 0. The topological polar surface area (TPSA) is 33.7 Å². The summed E-state index contributed by atoms with van der Waals surface area (Å²) < 4.78 is 11.4. The fourth-order valence-corrected chi connectivity index (χ4v) is 2.51. The Kier molecular flexibility index (Phi) is 4.22. The largest absolute Gasteiger partial charge is 0.362 e. The molecule has 2 aliphatic rings. The predicted molar refractivity (Wildman–Crippen MR) is 70.9 cm³/mol. The number of piperidine rings is 1. The molecule has 2 rings (SSSR count). The maximum absolute atomic E-state index is 5.70. The van der Waals surface area contributed by atoms with Gasteiger partial charge in [-0.25, -0.2) is 0 Å². The molecule has 2 saturated heterocycles. The van der Waals surface area contributed by atoms with Crippen LogP contribution in [0.15, 0.2) is 0 Å². The van der Waals surface area contributed by atoms with E-state index < -0.39 is 0 Å². The number of hydrogen-bond donors (Lipinski definition) is 1. The van der Waals surface area contributed by atoms with Crippen LogP contribution in [-0.4, -0.2) is 48.6 Å². The Hall–Kier alpha value is -0.390. The van der Waals surface area contributed by atoms with Crippen molar-refractivity contribution >= 4 is 17.3 Å². The van der Waals surface area contributed by atoms with Crippen LogP contribution >= 0.6 is 12.2 Å². The van der Waals surface area contributed by atoms with E-state index in [1.165, 1.54) is 0 Å². The fraction of sp³-hybridized carbons (Fsp3) is 0.917. The van der Waals surface area contributed by atoms with Crippen molar-refractivity contribution < 1.29 is 9.47 Å². The molecule has 0 atom stereocenters. The van der Waals surface area contributed by atoms with Crippen molar-refractivity contribution in [3.05, 3.63) is 0 Å². The molecular weight excluding hydrogens is 236 g/mol. The lowest BCUT2D eigenvalue weighted by atomic mass is 10.0. The molecule has 4 nitrogen and oxygen atoms in total. The lowest BCUT2D eigenvalue weighted by molar-refractivity contribution is -0.180. The van der Waals surface area contributed by atoms with Gasteiger partial charge in [0.2, 0.25) is 0 Å². The molecule has 0 radical (unpaired) electrons. The first-order valence-corrected chi connectivity index (χ1v) is 6.83. The van der Waals surface area contributed by atoms with Gasteiger partial charge in [0, 0.05) is 32.5 Å². The molecule has 1 N–H and O–H groups in total. The van der Waals surface area contributed by atoms with Gasteiger partial charge in [-0.3, -0.25) is 0 Å². The third-order valence-electron chi connectivity index (χ3n) is 3.29. The van der Waals surface area contributed by atoms with Gasteiger partial charge in [0.05, 0.1) is 13.2 Å². The van der Waals surface area contributed by atoms with Crippen LogP contribution in [0.2, 0.25) is 0 Å². The Morgan fingerprint density at radius 1 is 1.29 bits per heavy atom. The zero-order chi connectivity index (χ0) is 12.3. The highest BCUT2D eigenvalue weighted by molar-refractivity contribution is 7.80. The lowest BCUT2D eigenvalue weighted by Gasteiger charge is -2.38. The predicted octanol–water partition coefficient (Wildman–Crippen LogP) is 1.36. The van der Waals surface area contributed by atoms with E-state index in [0.29, 0.717) is 5.92 Å². The molecule has 0 aromatic carbocycles. The number of nitrogens with one attached hydrogen (secondary N) is 1. The van der Waals surface area contributed by atoms with Crippen LogP contribution in [0.4, 0.5) is 0 Å². The summed E-state index contributed by atoms with van der Waals surface area (Å²) in [5, 5.41) is 4.17. The SMILES string of the molecule is CC(C)CNC(=S)N1CCC2(CC1)OCCO2. The van der Waals surface area contributed by atoms with Gasteiger partial charge >= 0.3 is 0 Å². The van der Waals surface area contributed by atoms with Crippen LogP contribution in [0.3, 0.4) is 0 Å². The van der Waals surface area contributed by atoms with Gasteiger partial charge in [-0.2, -0.15) is 0 Å². The first-order chi connectivity index (χ1) is 8.11. The first kappa shape index (κ1) is 13.1. The number of likely N-dealkylation sites (tertiary alicyclic amines) is 1. The Bertz CT molecular complexity index is 268. The Labute approximate surface area is 109 Å². The summed E-state index contributed by atoms with van der Waals surface area (Å²) in [5.41, 5.74) is 0. The molecule has 0 saturated carbocycles. The minimum Gasteiger partial charge on any atom is -0.362 e. The molecule has 0 unspecified atom stereocenters. The number of ether oxygens (including phenoxy) is 2. The molecule has 0 aliphatic carbocycles. The number of nitrogens with zero attached hydrogens (tertiary/aromatic N) is 1. The molecule has 2 aliphatic heterocycles. The van der Waals surface area contributed by atoms with E-state index in [-0.39, 0.29) is 5.79 Å². The summed E-state index contributed by atoms with van der Waals surface area (Å²) in [7, 11) is 0. The molecule has 0 aromatic heterocycles. The maximum atomic E-state index is 5.70. The molecule has 2 fully saturated rings. The van der Waals surface area contributed by atoms with Crippen LogP contribution in [0.1, 0.15) is 26.7 Å². The quantitative estimate of drug-likeness (QED) is 0.756. The van der Waals surface area contributed by atoms with Crippen molar-refractivity contribution in [2.45, 2.75) is 32.5 Å². The van der Waals surface area contributed by atoms with Crippen LogP contribution in [0, 0.1) is 5.92 Å². The minimum atomic E-state index is -0.301. The second-order valence-corrected chi connectivity index (χ2v) is 5.56. The lowest BCUT2D eigenvalue weighted by Crippen LogP contribution is -2.50. The molecule has 2 heterocycles. The summed E-state index contributed by atoms with van der Waals surface area (Å²) in [4.78, 5) is 2.22. The molecule has 98 valence electrons. The Morgan fingerprint density at radius 3 is 2.41 bits per heavy atom. The van der Waals surface area contributed by atoms with Gasteiger partial charge in [-0.15, -0.1) is 0 Å². The molecular formula is C12H22N2O2S. The van der Waals surface area contributed by atoms with Gasteiger partial charge < -0.3 is 19.7 Å². The number of rotatable bonds is 2. The van der Waals surface area contributed by atoms with E-state index in [0.717, 1.165) is 50.8 Å². The minimum absolute atomic E-state index is 0.301. The number of hydrogen-bond acceptors (Lipinski definition) is 3. The van der Waals surface area contributed by atoms with Gasteiger partial charge in [-0.1, -0.05) is 13.8 Å². The highest BCUT2D eigenvalue weighted by Crippen LogP contribution is 2.31. The van der Waals surface area contributed by atoms with Crippen LogP contribution in [0.5, 0.6) is 0 Å². The maximum Gasteiger partial charge on any atom is 0.171 e. The van der Waals surface area contributed by atoms with E-state index in [1.807, 2.05) is 0 Å². The first-order valence-electron chi connectivity index (χ1n) is 6.42. The van der Waals surface area contributed by atoms with Crippen LogP contribution < -0.4 is 5.32 Å². The van der Waals surface area contributed by atoms with E-state index in [4.69, 9.17) is 21.7 Å². The van der Waals surface area contributed by atoms with Crippen LogP contribution in [-0.2, 0) is 9.47 Å².